The first-order valence-corrected chi connectivity index (χ1v) is 7.84. The van der Waals surface area contributed by atoms with Crippen LogP contribution in [0.5, 0.6) is 5.75 Å². The lowest BCUT2D eigenvalue weighted by Gasteiger charge is -2.23. The summed E-state index contributed by atoms with van der Waals surface area (Å²) in [6.45, 7) is 2.52. The molecule has 1 heterocycles. The van der Waals surface area contributed by atoms with Gasteiger partial charge in [0, 0.05) is 31.8 Å². The molecular weight excluding hydrogens is 336 g/mol. The molecule has 2 fully saturated rings. The highest BCUT2D eigenvalue weighted by atomic mass is 35.5. The lowest BCUT2D eigenvalue weighted by Crippen LogP contribution is -2.36. The number of benzene rings is 1. The molecule has 1 saturated heterocycles. The molecule has 2 atom stereocenters. The lowest BCUT2D eigenvalue weighted by molar-refractivity contribution is -0.384. The summed E-state index contributed by atoms with van der Waals surface area (Å²) in [6, 6.07) is 5.98. The van der Waals surface area contributed by atoms with Crippen LogP contribution in [-0.4, -0.2) is 47.1 Å². The molecule has 0 bridgehead atoms. The molecule has 7 nitrogen and oxygen atoms in total. The van der Waals surface area contributed by atoms with Crippen molar-refractivity contribution in [2.75, 3.05) is 26.2 Å². The Kier molecular flexibility index (Phi) is 5.66. The summed E-state index contributed by atoms with van der Waals surface area (Å²) in [5.41, 5.74) is -0.527. The van der Waals surface area contributed by atoms with Crippen LogP contribution in [0.15, 0.2) is 24.3 Å². The highest BCUT2D eigenvalue weighted by Gasteiger charge is 2.54. The van der Waals surface area contributed by atoms with Crippen molar-refractivity contribution in [1.29, 1.82) is 0 Å². The Hall–Kier alpha value is -1.86. The fraction of sp³-hybridized carbons (Fsp3) is 0.562. The van der Waals surface area contributed by atoms with Gasteiger partial charge in [-0.15, -0.1) is 12.4 Å². The zero-order valence-corrected chi connectivity index (χ0v) is 14.0. The van der Waals surface area contributed by atoms with Crippen molar-refractivity contribution in [3.8, 4) is 5.75 Å². The number of nitro benzene ring substituents is 1. The van der Waals surface area contributed by atoms with Gasteiger partial charge in [0.05, 0.1) is 10.3 Å². The van der Waals surface area contributed by atoms with Gasteiger partial charge in [0.2, 0.25) is 0 Å². The number of ether oxygens (including phenoxy) is 1. The Bertz CT molecular complexity index is 609. The van der Waals surface area contributed by atoms with Crippen LogP contribution in [-0.2, 0) is 4.79 Å². The molecule has 0 amide bonds. The molecule has 0 aromatic heterocycles. The monoisotopic (exact) mass is 356 g/mol. The minimum atomic E-state index is -0.668. The largest absolute Gasteiger partial charge is 0.492 e. The molecule has 1 aliphatic carbocycles. The topological polar surface area (TPSA) is 92.9 Å². The van der Waals surface area contributed by atoms with Gasteiger partial charge < -0.3 is 9.84 Å². The Balaban J connectivity index is 0.00000208. The molecule has 24 heavy (non-hydrogen) atoms. The number of nitro groups is 1. The predicted molar refractivity (Wildman–Crippen MR) is 89.7 cm³/mol. The van der Waals surface area contributed by atoms with E-state index in [0.29, 0.717) is 25.4 Å². The van der Waals surface area contributed by atoms with Crippen LogP contribution in [0.1, 0.15) is 19.3 Å². The summed E-state index contributed by atoms with van der Waals surface area (Å²) < 4.78 is 5.61. The van der Waals surface area contributed by atoms with Gasteiger partial charge in [-0.25, -0.2) is 0 Å². The van der Waals surface area contributed by atoms with Crippen LogP contribution in [0.3, 0.4) is 0 Å². The Morgan fingerprint density at radius 1 is 1.42 bits per heavy atom. The third-order valence-electron chi connectivity index (χ3n) is 5.09. The number of aliphatic carboxylic acids is 1. The number of fused-ring (bicyclic) bond motifs is 1. The number of carboxylic acids is 1. The second kappa shape index (κ2) is 7.36. The first-order chi connectivity index (χ1) is 11.0. The van der Waals surface area contributed by atoms with Gasteiger partial charge in [-0.3, -0.25) is 19.8 Å². The van der Waals surface area contributed by atoms with Gasteiger partial charge in [0.25, 0.3) is 5.69 Å². The van der Waals surface area contributed by atoms with Crippen molar-refractivity contribution in [3.05, 3.63) is 34.4 Å². The van der Waals surface area contributed by atoms with Crippen LogP contribution in [0.4, 0.5) is 5.69 Å². The predicted octanol–water partition coefficient (Wildman–Crippen LogP) is 2.58. The molecular formula is C16H21ClN2O5. The van der Waals surface area contributed by atoms with Crippen molar-refractivity contribution in [3.63, 3.8) is 0 Å². The highest BCUT2D eigenvalue weighted by Crippen LogP contribution is 2.48. The fourth-order valence-electron chi connectivity index (χ4n) is 3.87. The quantitative estimate of drug-likeness (QED) is 0.622. The summed E-state index contributed by atoms with van der Waals surface area (Å²) in [7, 11) is 0. The molecule has 1 N–H and O–H groups in total. The van der Waals surface area contributed by atoms with Gasteiger partial charge in [0.1, 0.15) is 12.4 Å². The van der Waals surface area contributed by atoms with Crippen molar-refractivity contribution in [2.45, 2.75) is 19.3 Å². The molecule has 8 heteroatoms. The first-order valence-electron chi connectivity index (χ1n) is 7.84. The van der Waals surface area contributed by atoms with Crippen LogP contribution < -0.4 is 4.74 Å². The number of nitrogens with zero attached hydrogens (tertiary/aromatic N) is 2. The second-order valence-electron chi connectivity index (χ2n) is 6.39. The summed E-state index contributed by atoms with van der Waals surface area (Å²) >= 11 is 0. The number of carboxylic acid groups (broad SMARTS) is 1. The minimum Gasteiger partial charge on any atom is -0.492 e. The maximum absolute atomic E-state index is 11.6. The van der Waals surface area contributed by atoms with Crippen molar-refractivity contribution < 1.29 is 19.6 Å². The number of halogens is 1. The summed E-state index contributed by atoms with van der Waals surface area (Å²) in [5.74, 6) is 0.168. The normalized spacial score (nSPS) is 25.8. The highest BCUT2D eigenvalue weighted by molar-refractivity contribution is 5.85. The van der Waals surface area contributed by atoms with E-state index in [-0.39, 0.29) is 24.0 Å². The molecule has 0 unspecified atom stereocenters. The van der Waals surface area contributed by atoms with Gasteiger partial charge in [0.15, 0.2) is 0 Å². The van der Waals surface area contributed by atoms with E-state index in [1.807, 2.05) is 0 Å². The Morgan fingerprint density at radius 3 is 2.71 bits per heavy atom. The van der Waals surface area contributed by atoms with E-state index in [1.54, 1.807) is 12.1 Å². The van der Waals surface area contributed by atoms with Gasteiger partial charge in [-0.2, -0.15) is 0 Å². The van der Waals surface area contributed by atoms with E-state index in [9.17, 15) is 20.0 Å². The van der Waals surface area contributed by atoms with E-state index in [0.717, 1.165) is 25.8 Å². The van der Waals surface area contributed by atoms with Gasteiger partial charge in [-0.05, 0) is 30.9 Å². The Labute approximate surface area is 146 Å². The summed E-state index contributed by atoms with van der Waals surface area (Å²) in [6.07, 6.45) is 2.77. The number of hydrogen-bond acceptors (Lipinski definition) is 5. The molecule has 1 saturated carbocycles. The average molecular weight is 357 g/mol. The maximum Gasteiger partial charge on any atom is 0.311 e. The number of carbonyl (C=O) groups is 1. The van der Waals surface area contributed by atoms with Crippen molar-refractivity contribution in [1.82, 2.24) is 4.90 Å². The molecule has 3 rings (SSSR count). The molecule has 1 aliphatic heterocycles. The summed E-state index contributed by atoms with van der Waals surface area (Å²) in [5, 5.41) is 20.1. The zero-order chi connectivity index (χ0) is 16.4. The minimum absolute atomic E-state index is 0. The Morgan fingerprint density at radius 2 is 2.12 bits per heavy atom. The number of non-ortho nitro benzene ring substituents is 1. The molecule has 1 aromatic carbocycles. The van der Waals surface area contributed by atoms with E-state index in [4.69, 9.17) is 4.74 Å². The van der Waals surface area contributed by atoms with Gasteiger partial charge >= 0.3 is 5.97 Å². The molecule has 2 aliphatic rings. The van der Waals surface area contributed by atoms with E-state index in [1.165, 1.54) is 12.1 Å². The molecule has 0 spiro atoms. The summed E-state index contributed by atoms with van der Waals surface area (Å²) in [4.78, 5) is 23.9. The third kappa shape index (κ3) is 3.47. The number of rotatable bonds is 6. The third-order valence-corrected chi connectivity index (χ3v) is 5.09. The molecule has 1 aromatic rings. The fourth-order valence-corrected chi connectivity index (χ4v) is 3.87. The molecule has 132 valence electrons. The average Bonchev–Trinajstić information content (AvgIpc) is 3.05. The van der Waals surface area contributed by atoms with Crippen LogP contribution in [0.2, 0.25) is 0 Å². The second-order valence-corrected chi connectivity index (χ2v) is 6.39. The number of likely N-dealkylation sites (tertiary alicyclic amines) is 1. The van der Waals surface area contributed by atoms with Crippen LogP contribution in [0, 0.1) is 21.4 Å². The SMILES string of the molecule is Cl.O=C(O)[C@@]12CCC[C@H]1CN(CCOc1ccc([N+](=O)[O-])cc1)C2. The van der Waals surface area contributed by atoms with E-state index >= 15 is 0 Å². The smallest absolute Gasteiger partial charge is 0.311 e. The van der Waals surface area contributed by atoms with Crippen molar-refractivity contribution >= 4 is 24.1 Å². The van der Waals surface area contributed by atoms with E-state index < -0.39 is 16.3 Å². The van der Waals surface area contributed by atoms with Gasteiger partial charge in [-0.1, -0.05) is 6.42 Å². The maximum atomic E-state index is 11.6. The zero-order valence-electron chi connectivity index (χ0n) is 13.2. The van der Waals surface area contributed by atoms with Crippen LogP contribution >= 0.6 is 12.4 Å². The van der Waals surface area contributed by atoms with Crippen molar-refractivity contribution in [2.24, 2.45) is 11.3 Å². The molecule has 0 radical (unpaired) electrons. The standard InChI is InChI=1S/C16H20N2O5.ClH/c19-15(20)16-7-1-2-12(16)10-17(11-16)8-9-23-14-5-3-13(4-6-14)18(21)22;/h3-6,12H,1-2,7-11H2,(H,19,20);1H/t12-,16+;/m0./s1. The van der Waals surface area contributed by atoms with Crippen LogP contribution in [0.25, 0.3) is 0 Å². The number of hydrogen-bond donors (Lipinski definition) is 1. The lowest BCUT2D eigenvalue weighted by atomic mass is 9.81. The van der Waals surface area contributed by atoms with E-state index in [2.05, 4.69) is 4.90 Å². The first kappa shape index (κ1) is 18.5.